The second-order valence-electron chi connectivity index (χ2n) is 5.85. The predicted molar refractivity (Wildman–Crippen MR) is 84.2 cm³/mol. The summed E-state index contributed by atoms with van der Waals surface area (Å²) in [4.78, 5) is 36.0. The number of hydrogen-bond donors (Lipinski definition) is 3. The molecule has 8 heteroatoms. The fourth-order valence-corrected chi connectivity index (χ4v) is 2.08. The fraction of sp³-hybridized carbons (Fsp3) is 0.600. The Labute approximate surface area is 135 Å². The van der Waals surface area contributed by atoms with Crippen LogP contribution in [0.2, 0.25) is 0 Å². The Kier molecular flexibility index (Phi) is 7.24. The second kappa shape index (κ2) is 8.92. The molecule has 0 saturated carbocycles. The van der Waals surface area contributed by atoms with Gasteiger partial charge in [-0.05, 0) is 18.8 Å². The van der Waals surface area contributed by atoms with Crippen molar-refractivity contribution >= 4 is 17.8 Å². The summed E-state index contributed by atoms with van der Waals surface area (Å²) in [5.74, 6) is -1.11. The van der Waals surface area contributed by atoms with E-state index in [2.05, 4.69) is 15.5 Å². The molecule has 1 aromatic heterocycles. The van der Waals surface area contributed by atoms with Crippen molar-refractivity contribution in [3.8, 4) is 0 Å². The van der Waals surface area contributed by atoms with Gasteiger partial charge in [0.1, 0.15) is 5.69 Å². The van der Waals surface area contributed by atoms with E-state index in [9.17, 15) is 14.4 Å². The summed E-state index contributed by atoms with van der Waals surface area (Å²) in [5, 5.41) is 17.6. The molecule has 8 nitrogen and oxygen atoms in total. The fourth-order valence-electron chi connectivity index (χ4n) is 2.08. The van der Waals surface area contributed by atoms with Gasteiger partial charge in [0, 0.05) is 32.6 Å². The third-order valence-electron chi connectivity index (χ3n) is 3.13. The van der Waals surface area contributed by atoms with Gasteiger partial charge >= 0.3 is 5.97 Å². The molecule has 1 rings (SSSR count). The number of aromatic amines is 1. The Hall–Kier alpha value is -2.38. The van der Waals surface area contributed by atoms with E-state index >= 15 is 0 Å². The number of H-pyrrole nitrogens is 1. The Bertz CT molecular complexity index is 553. The summed E-state index contributed by atoms with van der Waals surface area (Å²) in [6, 6.07) is 1.42. The average Bonchev–Trinajstić information content (AvgIpc) is 2.94. The minimum atomic E-state index is -0.850. The van der Waals surface area contributed by atoms with Crippen molar-refractivity contribution in [2.75, 3.05) is 20.1 Å². The lowest BCUT2D eigenvalue weighted by Gasteiger charge is -2.18. The van der Waals surface area contributed by atoms with Crippen LogP contribution in [0.1, 0.15) is 54.1 Å². The molecule has 0 spiro atoms. The Balaban J connectivity index is 2.47. The predicted octanol–water partition coefficient (Wildman–Crippen LogP) is 1.12. The number of carboxylic acid groups (broad SMARTS) is 1. The van der Waals surface area contributed by atoms with Crippen molar-refractivity contribution in [2.45, 2.75) is 33.1 Å². The van der Waals surface area contributed by atoms with Gasteiger partial charge in [-0.25, -0.2) is 0 Å². The van der Waals surface area contributed by atoms with E-state index in [0.717, 1.165) is 0 Å². The molecule has 0 aromatic carbocycles. The molecule has 0 unspecified atom stereocenters. The summed E-state index contributed by atoms with van der Waals surface area (Å²) in [6.07, 6.45) is 1.16. The van der Waals surface area contributed by atoms with E-state index in [1.165, 1.54) is 6.07 Å². The number of carboxylic acids is 1. The maximum atomic E-state index is 12.1. The highest BCUT2D eigenvalue weighted by Crippen LogP contribution is 2.06. The molecule has 3 N–H and O–H groups in total. The number of aliphatic carboxylic acids is 1. The van der Waals surface area contributed by atoms with Crippen LogP contribution < -0.4 is 5.32 Å². The molecule has 0 saturated heterocycles. The molecular weight excluding hydrogens is 300 g/mol. The van der Waals surface area contributed by atoms with Crippen LogP contribution in [0.3, 0.4) is 0 Å². The molecule has 0 aliphatic heterocycles. The van der Waals surface area contributed by atoms with Crippen molar-refractivity contribution in [1.29, 1.82) is 0 Å². The largest absolute Gasteiger partial charge is 0.481 e. The number of nitrogens with one attached hydrogen (secondary N) is 2. The van der Waals surface area contributed by atoms with Gasteiger partial charge in [0.15, 0.2) is 5.69 Å². The summed E-state index contributed by atoms with van der Waals surface area (Å²) in [5.41, 5.74) is 0.411. The quantitative estimate of drug-likeness (QED) is 0.589. The normalized spacial score (nSPS) is 10.6. The van der Waals surface area contributed by atoms with E-state index in [4.69, 9.17) is 5.11 Å². The van der Waals surface area contributed by atoms with Crippen molar-refractivity contribution in [3.63, 3.8) is 0 Å². The van der Waals surface area contributed by atoms with Crippen LogP contribution in [-0.2, 0) is 4.79 Å². The van der Waals surface area contributed by atoms with E-state index in [0.29, 0.717) is 31.8 Å². The van der Waals surface area contributed by atoms with Gasteiger partial charge in [-0.3, -0.25) is 19.5 Å². The van der Waals surface area contributed by atoms with Gasteiger partial charge in [0.25, 0.3) is 11.8 Å². The van der Waals surface area contributed by atoms with Crippen molar-refractivity contribution in [2.24, 2.45) is 5.92 Å². The maximum Gasteiger partial charge on any atom is 0.303 e. The Morgan fingerprint density at radius 3 is 2.65 bits per heavy atom. The Morgan fingerprint density at radius 1 is 1.35 bits per heavy atom. The highest BCUT2D eigenvalue weighted by molar-refractivity contribution is 5.97. The minimum absolute atomic E-state index is 0.0825. The van der Waals surface area contributed by atoms with Crippen molar-refractivity contribution in [3.05, 3.63) is 17.5 Å². The molecule has 0 atom stereocenters. The molecule has 2 amide bonds. The van der Waals surface area contributed by atoms with Gasteiger partial charge in [-0.15, -0.1) is 0 Å². The number of amides is 2. The highest BCUT2D eigenvalue weighted by Gasteiger charge is 2.18. The Morgan fingerprint density at radius 2 is 2.04 bits per heavy atom. The maximum absolute atomic E-state index is 12.1. The lowest BCUT2D eigenvalue weighted by Crippen LogP contribution is -2.30. The third-order valence-corrected chi connectivity index (χ3v) is 3.13. The molecule has 0 fully saturated rings. The number of unbranched alkanes of at least 4 members (excludes halogenated alkanes) is 1. The van der Waals surface area contributed by atoms with Crippen molar-refractivity contribution in [1.82, 2.24) is 20.4 Å². The van der Waals surface area contributed by atoms with Crippen molar-refractivity contribution < 1.29 is 19.5 Å². The van der Waals surface area contributed by atoms with E-state index in [1.54, 1.807) is 11.9 Å². The van der Waals surface area contributed by atoms with Crippen LogP contribution in [0, 0.1) is 5.92 Å². The van der Waals surface area contributed by atoms with Crippen LogP contribution >= 0.6 is 0 Å². The number of aromatic nitrogens is 2. The van der Waals surface area contributed by atoms with Gasteiger partial charge < -0.3 is 15.3 Å². The zero-order valence-corrected chi connectivity index (χ0v) is 13.8. The molecule has 1 heterocycles. The molecule has 0 aliphatic rings. The molecule has 128 valence electrons. The van der Waals surface area contributed by atoms with E-state index < -0.39 is 5.97 Å². The summed E-state index contributed by atoms with van der Waals surface area (Å²) in [7, 11) is 1.70. The van der Waals surface area contributed by atoms with E-state index in [1.807, 2.05) is 13.8 Å². The lowest BCUT2D eigenvalue weighted by atomic mass is 10.2. The van der Waals surface area contributed by atoms with Crippen LogP contribution in [0.25, 0.3) is 0 Å². The topological polar surface area (TPSA) is 115 Å². The van der Waals surface area contributed by atoms with Crippen LogP contribution in [0.5, 0.6) is 0 Å². The average molecular weight is 324 g/mol. The molecule has 23 heavy (non-hydrogen) atoms. The zero-order valence-electron chi connectivity index (χ0n) is 13.8. The standard InChI is InChI=1S/C15H24N4O4/c1-10(2)9-19(3)15(23)12-8-11(17-18-12)14(22)16-7-5-4-6-13(20)21/h8,10H,4-7,9H2,1-3H3,(H,16,22)(H,17,18)(H,20,21). The minimum Gasteiger partial charge on any atom is -0.481 e. The lowest BCUT2D eigenvalue weighted by molar-refractivity contribution is -0.137. The van der Waals surface area contributed by atoms with Gasteiger partial charge in [-0.1, -0.05) is 13.8 Å². The molecule has 0 bridgehead atoms. The first-order valence-corrected chi connectivity index (χ1v) is 7.62. The van der Waals surface area contributed by atoms with Crippen LogP contribution in [0.15, 0.2) is 6.07 Å². The first kappa shape index (κ1) is 18.7. The number of hydrogen-bond acceptors (Lipinski definition) is 4. The first-order valence-electron chi connectivity index (χ1n) is 7.62. The zero-order chi connectivity index (χ0) is 17.4. The summed E-state index contributed by atoms with van der Waals surface area (Å²) in [6.45, 7) is 5.01. The molecular formula is C15H24N4O4. The highest BCUT2D eigenvalue weighted by atomic mass is 16.4. The SMILES string of the molecule is CC(C)CN(C)C(=O)c1cc(C(=O)NCCCCC(=O)O)n[nH]1. The smallest absolute Gasteiger partial charge is 0.303 e. The van der Waals surface area contributed by atoms with Gasteiger partial charge in [0.05, 0.1) is 0 Å². The van der Waals surface area contributed by atoms with Crippen LogP contribution in [0.4, 0.5) is 0 Å². The summed E-state index contributed by atoms with van der Waals surface area (Å²) < 4.78 is 0. The number of carbonyl (C=O) groups is 3. The van der Waals surface area contributed by atoms with Crippen LogP contribution in [-0.4, -0.2) is 58.1 Å². The monoisotopic (exact) mass is 324 g/mol. The van der Waals surface area contributed by atoms with E-state index in [-0.39, 0.29) is 29.6 Å². The number of rotatable bonds is 9. The van der Waals surface area contributed by atoms with Gasteiger partial charge in [-0.2, -0.15) is 5.10 Å². The number of carbonyl (C=O) groups excluding carboxylic acids is 2. The molecule has 0 radical (unpaired) electrons. The second-order valence-corrected chi connectivity index (χ2v) is 5.85. The molecule has 0 aliphatic carbocycles. The molecule has 1 aromatic rings. The summed E-state index contributed by atoms with van der Waals surface area (Å²) >= 11 is 0. The first-order chi connectivity index (χ1) is 10.8. The number of nitrogens with zero attached hydrogens (tertiary/aromatic N) is 2. The third kappa shape index (κ3) is 6.50. The van der Waals surface area contributed by atoms with Gasteiger partial charge in [0.2, 0.25) is 0 Å².